The fraction of sp³-hybridized carbons (Fsp3) is 0.250. The molecule has 0 unspecified atom stereocenters. The fourth-order valence-electron chi connectivity index (χ4n) is 3.86. The maximum absolute atomic E-state index is 13.0. The molecule has 0 radical (unpaired) electrons. The largest absolute Gasteiger partial charge is 0.496 e. The molecule has 0 atom stereocenters. The van der Waals surface area contributed by atoms with Crippen LogP contribution in [0.1, 0.15) is 29.7 Å². The van der Waals surface area contributed by atoms with Crippen molar-refractivity contribution < 1.29 is 19.0 Å². The molecule has 6 heteroatoms. The summed E-state index contributed by atoms with van der Waals surface area (Å²) in [4.78, 5) is 17.5. The van der Waals surface area contributed by atoms with Crippen LogP contribution in [-0.2, 0) is 16.6 Å². The Labute approximate surface area is 174 Å². The highest BCUT2D eigenvalue weighted by atomic mass is 16.7. The van der Waals surface area contributed by atoms with Crippen LogP contribution in [0, 0.1) is 0 Å². The maximum atomic E-state index is 13.0. The second kappa shape index (κ2) is 7.37. The molecule has 2 aromatic carbocycles. The fourth-order valence-corrected chi connectivity index (χ4v) is 3.86. The number of anilines is 1. The van der Waals surface area contributed by atoms with Crippen molar-refractivity contribution in [1.29, 1.82) is 0 Å². The number of fused-ring (bicyclic) bond motifs is 1. The molecule has 152 valence electrons. The molecule has 1 amide bonds. The van der Waals surface area contributed by atoms with Gasteiger partial charge in [-0.3, -0.25) is 9.78 Å². The smallest absolute Gasteiger partial charge is 0.235 e. The standard InChI is InChI=1S/C24H22N2O4/c1-28-20-5-3-2-4-16(20)12-18-7-8-19(14-25-18)26-23(27)24(10-11-24)17-6-9-21-22(13-17)30-15-29-21/h2-9,13-14H,10-12,15H2,1H3,(H,26,27). The van der Waals surface area contributed by atoms with E-state index in [0.717, 1.165) is 41.2 Å². The minimum atomic E-state index is -0.503. The molecule has 0 spiro atoms. The summed E-state index contributed by atoms with van der Waals surface area (Å²) in [5.41, 5.74) is 3.14. The number of carbonyl (C=O) groups is 1. The number of pyridine rings is 1. The lowest BCUT2D eigenvalue weighted by Gasteiger charge is -2.16. The number of carbonyl (C=O) groups excluding carboxylic acids is 1. The van der Waals surface area contributed by atoms with Crippen LogP contribution in [-0.4, -0.2) is 24.8 Å². The molecule has 1 aromatic heterocycles. The summed E-state index contributed by atoms with van der Waals surface area (Å²) in [6.07, 6.45) is 4.01. The molecule has 30 heavy (non-hydrogen) atoms. The molecule has 2 heterocycles. The van der Waals surface area contributed by atoms with E-state index < -0.39 is 5.41 Å². The summed E-state index contributed by atoms with van der Waals surface area (Å²) in [7, 11) is 1.67. The summed E-state index contributed by atoms with van der Waals surface area (Å²) in [6, 6.07) is 17.5. The first kappa shape index (κ1) is 18.5. The van der Waals surface area contributed by atoms with E-state index in [2.05, 4.69) is 10.3 Å². The first-order chi connectivity index (χ1) is 14.7. The molecule has 6 nitrogen and oxygen atoms in total. The van der Waals surface area contributed by atoms with Gasteiger partial charge in [-0.25, -0.2) is 0 Å². The zero-order chi connectivity index (χ0) is 20.6. The van der Waals surface area contributed by atoms with Crippen LogP contribution >= 0.6 is 0 Å². The van der Waals surface area contributed by atoms with Crippen LogP contribution in [0.15, 0.2) is 60.8 Å². The Morgan fingerprint density at radius 1 is 1.10 bits per heavy atom. The monoisotopic (exact) mass is 402 g/mol. The third kappa shape index (κ3) is 3.34. The number of nitrogens with one attached hydrogen (secondary N) is 1. The van der Waals surface area contributed by atoms with Gasteiger partial charge in [0.25, 0.3) is 0 Å². The SMILES string of the molecule is COc1ccccc1Cc1ccc(NC(=O)C2(c3ccc4c(c3)OCO4)CC2)cn1. The minimum absolute atomic E-state index is 0.0133. The van der Waals surface area contributed by atoms with E-state index >= 15 is 0 Å². The van der Waals surface area contributed by atoms with Crippen molar-refractivity contribution in [2.45, 2.75) is 24.7 Å². The van der Waals surface area contributed by atoms with Crippen LogP contribution in [0.3, 0.4) is 0 Å². The molecule has 1 fully saturated rings. The lowest BCUT2D eigenvalue weighted by Crippen LogP contribution is -2.27. The van der Waals surface area contributed by atoms with E-state index in [1.54, 1.807) is 13.3 Å². The molecule has 1 aliphatic heterocycles. The molecule has 1 saturated carbocycles. The Morgan fingerprint density at radius 3 is 2.70 bits per heavy atom. The van der Waals surface area contributed by atoms with Crippen LogP contribution in [0.25, 0.3) is 0 Å². The Morgan fingerprint density at radius 2 is 1.93 bits per heavy atom. The first-order valence-corrected chi connectivity index (χ1v) is 9.96. The highest BCUT2D eigenvalue weighted by Crippen LogP contribution is 2.51. The number of aromatic nitrogens is 1. The molecule has 1 aliphatic carbocycles. The minimum Gasteiger partial charge on any atom is -0.496 e. The molecule has 3 aromatic rings. The summed E-state index contributed by atoms with van der Waals surface area (Å²) >= 11 is 0. The van der Waals surface area contributed by atoms with Gasteiger partial charge in [0.15, 0.2) is 11.5 Å². The van der Waals surface area contributed by atoms with Crippen molar-refractivity contribution in [3.63, 3.8) is 0 Å². The lowest BCUT2D eigenvalue weighted by atomic mass is 9.94. The number of methoxy groups -OCH3 is 1. The van der Waals surface area contributed by atoms with Gasteiger partial charge in [-0.1, -0.05) is 24.3 Å². The van der Waals surface area contributed by atoms with Gasteiger partial charge in [-0.15, -0.1) is 0 Å². The molecular formula is C24H22N2O4. The number of para-hydroxylation sites is 1. The van der Waals surface area contributed by atoms with Crippen molar-refractivity contribution >= 4 is 11.6 Å². The van der Waals surface area contributed by atoms with E-state index in [0.29, 0.717) is 17.9 Å². The predicted molar refractivity (Wildman–Crippen MR) is 112 cm³/mol. The zero-order valence-corrected chi connectivity index (χ0v) is 16.7. The Kier molecular flexibility index (Phi) is 4.54. The van der Waals surface area contributed by atoms with E-state index in [-0.39, 0.29) is 12.7 Å². The zero-order valence-electron chi connectivity index (χ0n) is 16.7. The van der Waals surface area contributed by atoms with E-state index in [4.69, 9.17) is 14.2 Å². The summed E-state index contributed by atoms with van der Waals surface area (Å²) < 4.78 is 16.2. The van der Waals surface area contributed by atoms with Gasteiger partial charge in [-0.2, -0.15) is 0 Å². The average Bonchev–Trinajstić information content (AvgIpc) is 3.46. The Balaban J connectivity index is 1.28. The highest BCUT2D eigenvalue weighted by Gasteiger charge is 2.51. The number of rotatable bonds is 6. The van der Waals surface area contributed by atoms with Gasteiger partial charge < -0.3 is 19.5 Å². The van der Waals surface area contributed by atoms with Gasteiger partial charge in [0.05, 0.1) is 24.4 Å². The summed E-state index contributed by atoms with van der Waals surface area (Å²) in [6.45, 7) is 0.227. The van der Waals surface area contributed by atoms with Crippen LogP contribution in [0.5, 0.6) is 17.2 Å². The van der Waals surface area contributed by atoms with Crippen LogP contribution in [0.4, 0.5) is 5.69 Å². The van der Waals surface area contributed by atoms with Crippen molar-refractivity contribution in [1.82, 2.24) is 4.98 Å². The van der Waals surface area contributed by atoms with Crippen molar-refractivity contribution in [2.75, 3.05) is 19.2 Å². The Bertz CT molecular complexity index is 1090. The topological polar surface area (TPSA) is 69.7 Å². The second-order valence-electron chi connectivity index (χ2n) is 7.63. The van der Waals surface area contributed by atoms with Gasteiger partial charge >= 0.3 is 0 Å². The van der Waals surface area contributed by atoms with Gasteiger partial charge in [0.2, 0.25) is 12.7 Å². The number of hydrogen-bond donors (Lipinski definition) is 1. The first-order valence-electron chi connectivity index (χ1n) is 9.96. The second-order valence-corrected chi connectivity index (χ2v) is 7.63. The highest BCUT2D eigenvalue weighted by molar-refractivity contribution is 6.01. The lowest BCUT2D eigenvalue weighted by molar-refractivity contribution is -0.118. The maximum Gasteiger partial charge on any atom is 0.235 e. The van der Waals surface area contributed by atoms with E-state index in [9.17, 15) is 4.79 Å². The van der Waals surface area contributed by atoms with E-state index in [1.165, 1.54) is 0 Å². The van der Waals surface area contributed by atoms with Gasteiger partial charge in [-0.05, 0) is 48.7 Å². The molecule has 1 N–H and O–H groups in total. The molecule has 0 bridgehead atoms. The predicted octanol–water partition coefficient (Wildman–Crippen LogP) is 4.08. The molecule has 5 rings (SSSR count). The number of hydrogen-bond acceptors (Lipinski definition) is 5. The Hall–Kier alpha value is -3.54. The molecule has 2 aliphatic rings. The average molecular weight is 402 g/mol. The molecular weight excluding hydrogens is 380 g/mol. The van der Waals surface area contributed by atoms with Gasteiger partial charge in [0.1, 0.15) is 5.75 Å². The third-order valence-electron chi connectivity index (χ3n) is 5.76. The number of ether oxygens (including phenoxy) is 3. The summed E-state index contributed by atoms with van der Waals surface area (Å²) in [5.74, 6) is 2.26. The van der Waals surface area contributed by atoms with Crippen molar-refractivity contribution in [2.24, 2.45) is 0 Å². The normalized spacial score (nSPS) is 15.5. The van der Waals surface area contributed by atoms with Crippen molar-refractivity contribution in [3.8, 4) is 17.2 Å². The summed E-state index contributed by atoms with van der Waals surface area (Å²) in [5, 5.41) is 3.03. The van der Waals surface area contributed by atoms with E-state index in [1.807, 2.05) is 54.6 Å². The number of amides is 1. The number of nitrogens with zero attached hydrogens (tertiary/aromatic N) is 1. The van der Waals surface area contributed by atoms with Crippen LogP contribution in [0.2, 0.25) is 0 Å². The van der Waals surface area contributed by atoms with Crippen LogP contribution < -0.4 is 19.5 Å². The third-order valence-corrected chi connectivity index (χ3v) is 5.76. The quantitative estimate of drug-likeness (QED) is 0.673. The van der Waals surface area contributed by atoms with Gasteiger partial charge in [0, 0.05) is 17.7 Å². The number of benzene rings is 2. The molecule has 0 saturated heterocycles. The van der Waals surface area contributed by atoms with Crippen molar-refractivity contribution in [3.05, 3.63) is 77.6 Å².